The summed E-state index contributed by atoms with van der Waals surface area (Å²) in [7, 11) is 1.26. The summed E-state index contributed by atoms with van der Waals surface area (Å²) in [6.07, 6.45) is 1.68. The smallest absolute Gasteiger partial charge is 0.315 e. The van der Waals surface area contributed by atoms with E-state index in [1.54, 1.807) is 25.1 Å². The number of esters is 1. The molecular weight excluding hydrogens is 324 g/mol. The molecule has 0 amide bonds. The Kier molecular flexibility index (Phi) is 4.48. The quantitative estimate of drug-likeness (QED) is 0.478. The summed E-state index contributed by atoms with van der Waals surface area (Å²) in [4.78, 5) is 40.5. The molecule has 1 aromatic carbocycles. The van der Waals surface area contributed by atoms with Gasteiger partial charge >= 0.3 is 5.97 Å². The van der Waals surface area contributed by atoms with E-state index in [0.717, 1.165) is 0 Å². The van der Waals surface area contributed by atoms with Crippen molar-refractivity contribution in [2.45, 2.75) is 32.1 Å². The van der Waals surface area contributed by atoms with E-state index in [1.165, 1.54) is 13.2 Å². The van der Waals surface area contributed by atoms with Crippen LogP contribution in [0, 0.1) is 16.0 Å². The molecule has 1 unspecified atom stereocenters. The molecule has 0 saturated carbocycles. The molecule has 25 heavy (non-hydrogen) atoms. The molecule has 1 aliphatic heterocycles. The van der Waals surface area contributed by atoms with E-state index in [-0.39, 0.29) is 11.5 Å². The van der Waals surface area contributed by atoms with Crippen LogP contribution in [0.2, 0.25) is 0 Å². The standard InChI is InChI=1S/C18H18N2O5/c1-10-15(18(22)25-2)16(11-6-3-4-8-13(11)20(23)24)17-12(19-10)7-5-9-14(17)21/h3-4,6,8,15-16H,5,7,9H2,1-2H3/t15?,16-/m0/s1. The van der Waals surface area contributed by atoms with Crippen molar-refractivity contribution < 1.29 is 19.2 Å². The number of nitro groups is 1. The highest BCUT2D eigenvalue weighted by Crippen LogP contribution is 2.45. The summed E-state index contributed by atoms with van der Waals surface area (Å²) in [6, 6.07) is 6.23. The predicted molar refractivity (Wildman–Crippen MR) is 90.3 cm³/mol. The second-order valence-corrected chi connectivity index (χ2v) is 6.18. The van der Waals surface area contributed by atoms with Crippen molar-refractivity contribution in [3.8, 4) is 0 Å². The van der Waals surface area contributed by atoms with Gasteiger partial charge in [0.2, 0.25) is 0 Å². The molecule has 1 aliphatic carbocycles. The second kappa shape index (κ2) is 6.58. The minimum Gasteiger partial charge on any atom is -0.468 e. The lowest BCUT2D eigenvalue weighted by Crippen LogP contribution is -2.37. The minimum atomic E-state index is -0.841. The third kappa shape index (κ3) is 2.86. The number of hydrogen-bond acceptors (Lipinski definition) is 6. The molecule has 1 aromatic rings. The molecule has 0 saturated heterocycles. The van der Waals surface area contributed by atoms with E-state index in [1.807, 2.05) is 0 Å². The molecule has 0 N–H and O–H groups in total. The van der Waals surface area contributed by atoms with E-state index in [4.69, 9.17) is 4.74 Å². The molecule has 130 valence electrons. The first-order chi connectivity index (χ1) is 12.0. The Morgan fingerprint density at radius 2 is 2.04 bits per heavy atom. The zero-order valence-electron chi connectivity index (χ0n) is 14.0. The number of carbonyl (C=O) groups is 2. The van der Waals surface area contributed by atoms with E-state index in [2.05, 4.69) is 4.99 Å². The lowest BCUT2D eigenvalue weighted by Gasteiger charge is -2.33. The van der Waals surface area contributed by atoms with Gasteiger partial charge in [0, 0.05) is 41.0 Å². The van der Waals surface area contributed by atoms with Crippen molar-refractivity contribution in [1.29, 1.82) is 0 Å². The monoisotopic (exact) mass is 342 g/mol. The van der Waals surface area contributed by atoms with E-state index < -0.39 is 22.7 Å². The largest absolute Gasteiger partial charge is 0.468 e. The second-order valence-electron chi connectivity index (χ2n) is 6.18. The number of ketones is 1. The van der Waals surface area contributed by atoms with Crippen molar-refractivity contribution in [2.75, 3.05) is 7.11 Å². The van der Waals surface area contributed by atoms with Gasteiger partial charge in [-0.05, 0) is 19.8 Å². The first-order valence-corrected chi connectivity index (χ1v) is 8.08. The maximum Gasteiger partial charge on any atom is 0.315 e. The van der Waals surface area contributed by atoms with Gasteiger partial charge in [-0.25, -0.2) is 0 Å². The number of Topliss-reactive ketones (excluding diaryl/α,β-unsaturated/α-hetero) is 1. The van der Waals surface area contributed by atoms with E-state index in [0.29, 0.717) is 41.8 Å². The number of para-hydroxylation sites is 1. The molecule has 0 aromatic heterocycles. The van der Waals surface area contributed by atoms with Gasteiger partial charge in [0.15, 0.2) is 5.78 Å². The number of aliphatic imine (C=N–C) groups is 1. The molecule has 7 nitrogen and oxygen atoms in total. The van der Waals surface area contributed by atoms with Crippen molar-refractivity contribution in [2.24, 2.45) is 10.9 Å². The van der Waals surface area contributed by atoms with Crippen LogP contribution in [0.25, 0.3) is 0 Å². The van der Waals surface area contributed by atoms with Crippen molar-refractivity contribution in [3.63, 3.8) is 0 Å². The molecule has 2 aliphatic rings. The predicted octanol–water partition coefficient (Wildman–Crippen LogP) is 2.95. The lowest BCUT2D eigenvalue weighted by molar-refractivity contribution is -0.385. The zero-order valence-corrected chi connectivity index (χ0v) is 14.0. The van der Waals surface area contributed by atoms with Gasteiger partial charge in [-0.3, -0.25) is 24.7 Å². The Bertz CT molecular complexity index is 825. The minimum absolute atomic E-state index is 0.102. The fraction of sp³-hybridized carbons (Fsp3) is 0.389. The van der Waals surface area contributed by atoms with E-state index >= 15 is 0 Å². The number of nitro benzene ring substituents is 1. The number of nitrogens with zero attached hydrogens (tertiary/aromatic N) is 2. The van der Waals surface area contributed by atoms with Crippen molar-refractivity contribution in [3.05, 3.63) is 51.2 Å². The van der Waals surface area contributed by atoms with Crippen LogP contribution in [-0.2, 0) is 14.3 Å². The average Bonchev–Trinajstić information content (AvgIpc) is 2.60. The van der Waals surface area contributed by atoms with Crippen molar-refractivity contribution >= 4 is 23.2 Å². The molecule has 1 heterocycles. The maximum atomic E-state index is 12.6. The summed E-state index contributed by atoms with van der Waals surface area (Å²) in [5.41, 5.74) is 1.81. The number of carbonyl (C=O) groups excluding carboxylic acids is 2. The Morgan fingerprint density at radius 1 is 1.32 bits per heavy atom. The number of allylic oxidation sites excluding steroid dienone is 2. The Morgan fingerprint density at radius 3 is 2.72 bits per heavy atom. The molecule has 0 fully saturated rings. The van der Waals surface area contributed by atoms with Gasteiger partial charge < -0.3 is 4.74 Å². The lowest BCUT2D eigenvalue weighted by atomic mass is 9.71. The normalized spacial score (nSPS) is 23.0. The fourth-order valence-corrected chi connectivity index (χ4v) is 3.69. The SMILES string of the molecule is COC(=O)C1C(C)=NC2=C(C(=O)CCC2)[C@H]1c1ccccc1[N+](=O)[O-]. The summed E-state index contributed by atoms with van der Waals surface area (Å²) in [6.45, 7) is 1.70. The maximum absolute atomic E-state index is 12.6. The van der Waals surface area contributed by atoms with Crippen LogP contribution in [0.1, 0.15) is 37.7 Å². The number of ether oxygens (including phenoxy) is 1. The van der Waals surface area contributed by atoms with Gasteiger partial charge in [0.05, 0.1) is 12.0 Å². The van der Waals surface area contributed by atoms with Gasteiger partial charge in [0.25, 0.3) is 5.69 Å². The van der Waals surface area contributed by atoms with Crippen LogP contribution in [0.3, 0.4) is 0 Å². The van der Waals surface area contributed by atoms with Crippen LogP contribution in [-0.4, -0.2) is 29.5 Å². The fourth-order valence-electron chi connectivity index (χ4n) is 3.69. The number of hydrogen-bond donors (Lipinski definition) is 0. The van der Waals surface area contributed by atoms with Crippen LogP contribution in [0.4, 0.5) is 5.69 Å². The first kappa shape index (κ1) is 17.0. The molecule has 0 spiro atoms. The Labute approximate surface area is 144 Å². The summed E-state index contributed by atoms with van der Waals surface area (Å²) in [5.74, 6) is -2.23. The average molecular weight is 342 g/mol. The number of benzene rings is 1. The Hall–Kier alpha value is -2.83. The van der Waals surface area contributed by atoms with Crippen LogP contribution >= 0.6 is 0 Å². The van der Waals surface area contributed by atoms with Crippen LogP contribution < -0.4 is 0 Å². The molecular formula is C18H18N2O5. The van der Waals surface area contributed by atoms with Gasteiger partial charge in [-0.1, -0.05) is 18.2 Å². The van der Waals surface area contributed by atoms with Gasteiger partial charge in [0.1, 0.15) is 5.92 Å². The molecule has 0 bridgehead atoms. The third-order valence-electron chi connectivity index (χ3n) is 4.76. The zero-order chi connectivity index (χ0) is 18.1. The Balaban J connectivity index is 2.26. The molecule has 3 rings (SSSR count). The highest BCUT2D eigenvalue weighted by molar-refractivity contribution is 6.09. The van der Waals surface area contributed by atoms with Crippen LogP contribution in [0.15, 0.2) is 40.5 Å². The molecule has 2 atom stereocenters. The highest BCUT2D eigenvalue weighted by Gasteiger charge is 2.45. The summed E-state index contributed by atoms with van der Waals surface area (Å²) < 4.78 is 4.90. The van der Waals surface area contributed by atoms with Gasteiger partial charge in [-0.15, -0.1) is 0 Å². The molecule has 0 radical (unpaired) electrons. The topological polar surface area (TPSA) is 98.9 Å². The third-order valence-corrected chi connectivity index (χ3v) is 4.76. The summed E-state index contributed by atoms with van der Waals surface area (Å²) in [5, 5.41) is 11.5. The number of methoxy groups -OCH3 is 1. The van der Waals surface area contributed by atoms with Gasteiger partial charge in [-0.2, -0.15) is 0 Å². The first-order valence-electron chi connectivity index (χ1n) is 8.08. The van der Waals surface area contributed by atoms with E-state index in [9.17, 15) is 19.7 Å². The van der Waals surface area contributed by atoms with Crippen LogP contribution in [0.5, 0.6) is 0 Å². The highest BCUT2D eigenvalue weighted by atomic mass is 16.6. The number of rotatable bonds is 3. The summed E-state index contributed by atoms with van der Waals surface area (Å²) >= 11 is 0. The molecule has 7 heteroatoms. The van der Waals surface area contributed by atoms with Crippen molar-refractivity contribution in [1.82, 2.24) is 0 Å².